The Kier molecular flexibility index (Phi) is 4.44. The van der Waals surface area contributed by atoms with E-state index in [2.05, 4.69) is 25.3 Å². The van der Waals surface area contributed by atoms with E-state index in [4.69, 9.17) is 4.52 Å². The third-order valence-electron chi connectivity index (χ3n) is 4.06. The van der Waals surface area contributed by atoms with Gasteiger partial charge in [-0.1, -0.05) is 35.5 Å². The highest BCUT2D eigenvalue weighted by atomic mass is 16.5. The minimum Gasteiger partial charge on any atom is -0.337 e. The maximum atomic E-state index is 12.8. The number of aromatic amines is 1. The van der Waals surface area contributed by atoms with E-state index < -0.39 is 0 Å². The Morgan fingerprint density at radius 1 is 1.11 bits per heavy atom. The highest BCUT2D eigenvalue weighted by molar-refractivity contribution is 5.99. The van der Waals surface area contributed by atoms with Crippen LogP contribution in [0.1, 0.15) is 16.2 Å². The molecule has 0 saturated heterocycles. The second-order valence-corrected chi connectivity index (χ2v) is 5.93. The predicted octanol–water partition coefficient (Wildman–Crippen LogP) is 2.79. The zero-order chi connectivity index (χ0) is 18.6. The summed E-state index contributed by atoms with van der Waals surface area (Å²) in [5, 5.41) is 10.9. The third kappa shape index (κ3) is 3.45. The van der Waals surface area contributed by atoms with Gasteiger partial charge in [0.25, 0.3) is 5.91 Å². The molecule has 0 saturated carbocycles. The molecule has 1 amide bonds. The van der Waals surface area contributed by atoms with Crippen LogP contribution in [0, 0.1) is 0 Å². The van der Waals surface area contributed by atoms with Crippen molar-refractivity contribution in [1.29, 1.82) is 0 Å². The molecule has 0 spiro atoms. The van der Waals surface area contributed by atoms with Crippen molar-refractivity contribution in [3.8, 4) is 22.6 Å². The normalized spacial score (nSPS) is 10.7. The number of pyridine rings is 1. The smallest absolute Gasteiger partial charge is 0.257 e. The predicted molar refractivity (Wildman–Crippen MR) is 97.4 cm³/mol. The number of amides is 1. The number of carbonyl (C=O) groups excluding carboxylic acids is 1. The maximum absolute atomic E-state index is 12.8. The molecule has 0 unspecified atom stereocenters. The Morgan fingerprint density at radius 3 is 2.67 bits per heavy atom. The van der Waals surface area contributed by atoms with E-state index >= 15 is 0 Å². The van der Waals surface area contributed by atoms with E-state index in [1.165, 1.54) is 11.1 Å². The summed E-state index contributed by atoms with van der Waals surface area (Å²) in [6, 6.07) is 13.2. The summed E-state index contributed by atoms with van der Waals surface area (Å²) in [6.45, 7) is 0.191. The van der Waals surface area contributed by atoms with Crippen molar-refractivity contribution in [2.45, 2.75) is 6.54 Å². The van der Waals surface area contributed by atoms with Crippen molar-refractivity contribution in [2.75, 3.05) is 7.05 Å². The van der Waals surface area contributed by atoms with Gasteiger partial charge in [0, 0.05) is 30.6 Å². The molecule has 0 fully saturated rings. The zero-order valence-corrected chi connectivity index (χ0v) is 14.5. The number of benzene rings is 1. The van der Waals surface area contributed by atoms with E-state index in [1.54, 1.807) is 31.6 Å². The average Bonchev–Trinajstić information content (AvgIpc) is 3.38. The Balaban J connectivity index is 1.51. The van der Waals surface area contributed by atoms with Crippen LogP contribution in [0.4, 0.5) is 0 Å². The molecule has 4 rings (SSSR count). The summed E-state index contributed by atoms with van der Waals surface area (Å²) < 4.78 is 5.27. The summed E-state index contributed by atoms with van der Waals surface area (Å²) in [5.74, 6) is 0.621. The fourth-order valence-corrected chi connectivity index (χ4v) is 2.69. The molecule has 0 aliphatic rings. The minimum absolute atomic E-state index is 0.189. The summed E-state index contributed by atoms with van der Waals surface area (Å²) in [4.78, 5) is 22.7. The number of H-pyrrole nitrogens is 1. The van der Waals surface area contributed by atoms with Crippen molar-refractivity contribution in [1.82, 2.24) is 30.2 Å². The molecule has 0 aliphatic carbocycles. The monoisotopic (exact) mass is 360 g/mol. The number of hydrogen-bond donors (Lipinski definition) is 1. The fourth-order valence-electron chi connectivity index (χ4n) is 2.69. The maximum Gasteiger partial charge on any atom is 0.257 e. The van der Waals surface area contributed by atoms with Crippen LogP contribution in [0.3, 0.4) is 0 Å². The summed E-state index contributed by atoms with van der Waals surface area (Å²) >= 11 is 0. The van der Waals surface area contributed by atoms with Gasteiger partial charge in [0.15, 0.2) is 0 Å². The molecule has 3 aromatic heterocycles. The zero-order valence-electron chi connectivity index (χ0n) is 14.5. The average molecular weight is 360 g/mol. The number of rotatable bonds is 5. The molecule has 0 bridgehead atoms. The molecule has 1 aromatic carbocycles. The summed E-state index contributed by atoms with van der Waals surface area (Å²) in [5.41, 5.74) is 2.85. The first kappa shape index (κ1) is 16.6. The Hall–Kier alpha value is -3.81. The SMILES string of the molecule is CN(Cc1nc(-c2ccncc2)no1)C(=O)c1cn[nH]c1-c1ccccc1. The van der Waals surface area contributed by atoms with E-state index in [-0.39, 0.29) is 12.5 Å². The quantitative estimate of drug-likeness (QED) is 0.587. The highest BCUT2D eigenvalue weighted by Crippen LogP contribution is 2.22. The molecule has 3 heterocycles. The van der Waals surface area contributed by atoms with Crippen molar-refractivity contribution in [3.63, 3.8) is 0 Å². The standard InChI is InChI=1S/C19H16N6O2/c1-25(12-16-22-18(24-27-16)14-7-9-20-10-8-14)19(26)15-11-21-23-17(15)13-5-3-2-4-6-13/h2-11H,12H2,1H3,(H,21,23). The Labute approximate surface area is 154 Å². The number of aromatic nitrogens is 5. The molecule has 8 nitrogen and oxygen atoms in total. The van der Waals surface area contributed by atoms with Crippen LogP contribution < -0.4 is 0 Å². The first-order valence-electron chi connectivity index (χ1n) is 8.29. The lowest BCUT2D eigenvalue weighted by atomic mass is 10.1. The van der Waals surface area contributed by atoms with E-state index in [0.29, 0.717) is 23.0 Å². The van der Waals surface area contributed by atoms with E-state index in [0.717, 1.165) is 11.1 Å². The van der Waals surface area contributed by atoms with Crippen LogP contribution in [-0.4, -0.2) is 43.2 Å². The summed E-state index contributed by atoms with van der Waals surface area (Å²) in [6.07, 6.45) is 4.84. The molecule has 0 radical (unpaired) electrons. The number of carbonyl (C=O) groups is 1. The van der Waals surface area contributed by atoms with Gasteiger partial charge in [-0.25, -0.2) is 0 Å². The van der Waals surface area contributed by atoms with Gasteiger partial charge >= 0.3 is 0 Å². The van der Waals surface area contributed by atoms with Gasteiger partial charge in [0.05, 0.1) is 17.5 Å². The van der Waals surface area contributed by atoms with E-state index in [9.17, 15) is 4.79 Å². The van der Waals surface area contributed by atoms with Crippen molar-refractivity contribution in [2.24, 2.45) is 0 Å². The topological polar surface area (TPSA) is 101 Å². The van der Waals surface area contributed by atoms with Gasteiger partial charge in [0.1, 0.15) is 6.54 Å². The lowest BCUT2D eigenvalue weighted by Gasteiger charge is -2.14. The van der Waals surface area contributed by atoms with Gasteiger partial charge < -0.3 is 9.42 Å². The molecule has 0 aliphatic heterocycles. The Bertz CT molecular complexity index is 1040. The molecule has 4 aromatic rings. The van der Waals surface area contributed by atoms with Gasteiger partial charge in [-0.2, -0.15) is 10.1 Å². The molecule has 1 N–H and O–H groups in total. The first-order valence-corrected chi connectivity index (χ1v) is 8.29. The molecular weight excluding hydrogens is 344 g/mol. The van der Waals surface area contributed by atoms with Gasteiger partial charge in [-0.3, -0.25) is 14.9 Å². The van der Waals surface area contributed by atoms with Crippen molar-refractivity contribution >= 4 is 5.91 Å². The molecular formula is C19H16N6O2. The molecule has 0 atom stereocenters. The lowest BCUT2D eigenvalue weighted by Crippen LogP contribution is -2.26. The van der Waals surface area contributed by atoms with Gasteiger partial charge in [-0.05, 0) is 12.1 Å². The minimum atomic E-state index is -0.189. The van der Waals surface area contributed by atoms with E-state index in [1.807, 2.05) is 30.3 Å². The molecule has 27 heavy (non-hydrogen) atoms. The number of nitrogens with one attached hydrogen (secondary N) is 1. The van der Waals surface area contributed by atoms with Gasteiger partial charge in [0.2, 0.25) is 11.7 Å². The van der Waals surface area contributed by atoms with Crippen LogP contribution in [0.15, 0.2) is 65.6 Å². The molecule has 134 valence electrons. The van der Waals surface area contributed by atoms with Crippen LogP contribution >= 0.6 is 0 Å². The largest absolute Gasteiger partial charge is 0.337 e. The third-order valence-corrected chi connectivity index (χ3v) is 4.06. The fraction of sp³-hybridized carbons (Fsp3) is 0.105. The summed E-state index contributed by atoms with van der Waals surface area (Å²) in [7, 11) is 1.68. The van der Waals surface area contributed by atoms with Crippen molar-refractivity contribution in [3.05, 3.63) is 72.5 Å². The van der Waals surface area contributed by atoms with Crippen LogP contribution in [0.5, 0.6) is 0 Å². The van der Waals surface area contributed by atoms with Crippen LogP contribution in [-0.2, 0) is 6.54 Å². The van der Waals surface area contributed by atoms with Gasteiger partial charge in [-0.15, -0.1) is 0 Å². The Morgan fingerprint density at radius 2 is 1.89 bits per heavy atom. The van der Waals surface area contributed by atoms with Crippen molar-refractivity contribution < 1.29 is 9.32 Å². The highest BCUT2D eigenvalue weighted by Gasteiger charge is 2.21. The number of nitrogens with zero attached hydrogens (tertiary/aromatic N) is 5. The van der Waals surface area contributed by atoms with Crippen LogP contribution in [0.25, 0.3) is 22.6 Å². The molecule has 8 heteroatoms. The second kappa shape index (κ2) is 7.20. The second-order valence-electron chi connectivity index (χ2n) is 5.93. The number of hydrogen-bond acceptors (Lipinski definition) is 6. The van der Waals surface area contributed by atoms with Crippen LogP contribution in [0.2, 0.25) is 0 Å². The lowest BCUT2D eigenvalue weighted by molar-refractivity contribution is 0.0770. The first-order chi connectivity index (χ1) is 13.2.